The van der Waals surface area contributed by atoms with Gasteiger partial charge >= 0.3 is 0 Å². The number of morpholine rings is 1. The first-order valence-corrected chi connectivity index (χ1v) is 8.11. The third-order valence-electron chi connectivity index (χ3n) is 3.66. The highest BCUT2D eigenvalue weighted by Gasteiger charge is 2.10. The van der Waals surface area contributed by atoms with E-state index in [1.807, 2.05) is 11.8 Å². The lowest BCUT2D eigenvalue weighted by atomic mass is 10.1. The minimum Gasteiger partial charge on any atom is -0.379 e. The molecule has 1 aliphatic heterocycles. The number of para-hydroxylation sites is 1. The zero-order valence-electron chi connectivity index (χ0n) is 11.8. The van der Waals surface area contributed by atoms with Crippen LogP contribution in [0.25, 0.3) is 10.9 Å². The second-order valence-corrected chi connectivity index (χ2v) is 6.21. The molecule has 106 valence electrons. The summed E-state index contributed by atoms with van der Waals surface area (Å²) in [6.07, 6.45) is 0. The number of hydrogen-bond acceptors (Lipinski definition) is 4. The highest BCUT2D eigenvalue weighted by Crippen LogP contribution is 2.23. The fraction of sp³-hybridized carbons (Fsp3) is 0.438. The summed E-state index contributed by atoms with van der Waals surface area (Å²) in [5.74, 6) is 1.09. The van der Waals surface area contributed by atoms with Gasteiger partial charge in [0.05, 0.1) is 23.8 Å². The number of rotatable bonds is 4. The molecule has 0 unspecified atom stereocenters. The van der Waals surface area contributed by atoms with Gasteiger partial charge in [-0.2, -0.15) is 0 Å². The smallest absolute Gasteiger partial charge is 0.0970 e. The van der Waals surface area contributed by atoms with E-state index in [2.05, 4.69) is 42.2 Å². The number of ether oxygens (including phenoxy) is 1. The topological polar surface area (TPSA) is 25.4 Å². The Hall–Kier alpha value is -1.10. The van der Waals surface area contributed by atoms with Gasteiger partial charge < -0.3 is 4.74 Å². The van der Waals surface area contributed by atoms with Crippen LogP contribution in [0.3, 0.4) is 0 Å². The fourth-order valence-electron chi connectivity index (χ4n) is 2.50. The van der Waals surface area contributed by atoms with Crippen LogP contribution in [0.5, 0.6) is 0 Å². The summed E-state index contributed by atoms with van der Waals surface area (Å²) in [5, 5.41) is 2.39. The van der Waals surface area contributed by atoms with Gasteiger partial charge in [0.25, 0.3) is 0 Å². The molecule has 4 heteroatoms. The van der Waals surface area contributed by atoms with E-state index in [4.69, 9.17) is 9.72 Å². The van der Waals surface area contributed by atoms with Crippen LogP contribution in [0, 0.1) is 6.92 Å². The first kappa shape index (κ1) is 13.9. The molecule has 20 heavy (non-hydrogen) atoms. The van der Waals surface area contributed by atoms with E-state index < -0.39 is 0 Å². The number of hydrogen-bond donors (Lipinski definition) is 0. The summed E-state index contributed by atoms with van der Waals surface area (Å²) in [7, 11) is 0. The van der Waals surface area contributed by atoms with Crippen LogP contribution in [0.4, 0.5) is 0 Å². The fourth-order valence-corrected chi connectivity index (χ4v) is 3.48. The minimum atomic E-state index is 0.873. The molecule has 0 bridgehead atoms. The Bertz CT molecular complexity index is 582. The second-order valence-electron chi connectivity index (χ2n) is 5.10. The number of thioether (sulfide) groups is 1. The van der Waals surface area contributed by atoms with E-state index >= 15 is 0 Å². The first-order chi connectivity index (χ1) is 9.83. The van der Waals surface area contributed by atoms with Crippen molar-refractivity contribution in [1.29, 1.82) is 0 Å². The van der Waals surface area contributed by atoms with Crippen molar-refractivity contribution in [1.82, 2.24) is 9.88 Å². The van der Waals surface area contributed by atoms with Gasteiger partial charge in [-0.1, -0.05) is 18.2 Å². The summed E-state index contributed by atoms with van der Waals surface area (Å²) in [4.78, 5) is 7.20. The van der Waals surface area contributed by atoms with Gasteiger partial charge in [0.1, 0.15) is 0 Å². The van der Waals surface area contributed by atoms with Crippen molar-refractivity contribution in [2.45, 2.75) is 11.9 Å². The molecule has 0 radical (unpaired) electrons. The monoisotopic (exact) mass is 288 g/mol. The lowest BCUT2D eigenvalue weighted by Crippen LogP contribution is -2.37. The van der Waals surface area contributed by atoms with Gasteiger partial charge in [0.2, 0.25) is 0 Å². The Balaban J connectivity index is 1.62. The Kier molecular flexibility index (Phi) is 4.55. The lowest BCUT2D eigenvalue weighted by Gasteiger charge is -2.26. The van der Waals surface area contributed by atoms with Gasteiger partial charge in [0.15, 0.2) is 0 Å². The number of fused-ring (bicyclic) bond motifs is 1. The van der Waals surface area contributed by atoms with Crippen molar-refractivity contribution in [2.24, 2.45) is 0 Å². The van der Waals surface area contributed by atoms with E-state index in [0.717, 1.165) is 49.1 Å². The number of pyridine rings is 1. The van der Waals surface area contributed by atoms with Crippen molar-refractivity contribution in [2.75, 3.05) is 38.6 Å². The average Bonchev–Trinajstić information content (AvgIpc) is 2.48. The molecular formula is C16H20N2OS. The van der Waals surface area contributed by atoms with Gasteiger partial charge in [-0.25, -0.2) is 4.98 Å². The van der Waals surface area contributed by atoms with Crippen molar-refractivity contribution in [3.63, 3.8) is 0 Å². The van der Waals surface area contributed by atoms with Crippen LogP contribution in [0.1, 0.15) is 5.56 Å². The van der Waals surface area contributed by atoms with Crippen molar-refractivity contribution in [3.8, 4) is 0 Å². The second kappa shape index (κ2) is 6.57. The highest BCUT2D eigenvalue weighted by molar-refractivity contribution is 7.99. The molecule has 2 heterocycles. The molecule has 0 atom stereocenters. The van der Waals surface area contributed by atoms with E-state index in [1.165, 1.54) is 10.9 Å². The van der Waals surface area contributed by atoms with Gasteiger partial charge in [-0.3, -0.25) is 4.90 Å². The SMILES string of the molecule is Cc1cc(SCCN2CCOCC2)nc2ccccc12. The summed E-state index contributed by atoms with van der Waals surface area (Å²) in [5.41, 5.74) is 2.41. The molecule has 0 saturated carbocycles. The summed E-state index contributed by atoms with van der Waals surface area (Å²) in [6.45, 7) is 7.14. The van der Waals surface area contributed by atoms with Crippen LogP contribution in [-0.4, -0.2) is 48.5 Å². The van der Waals surface area contributed by atoms with Gasteiger partial charge in [-0.15, -0.1) is 11.8 Å². The van der Waals surface area contributed by atoms with Crippen molar-refractivity contribution >= 4 is 22.7 Å². The molecule has 1 aliphatic rings. The molecule has 1 saturated heterocycles. The van der Waals surface area contributed by atoms with Gasteiger partial charge in [-0.05, 0) is 24.6 Å². The zero-order valence-corrected chi connectivity index (χ0v) is 12.7. The molecule has 0 aliphatic carbocycles. The van der Waals surface area contributed by atoms with Crippen LogP contribution < -0.4 is 0 Å². The third kappa shape index (κ3) is 3.32. The first-order valence-electron chi connectivity index (χ1n) is 7.12. The number of benzene rings is 1. The summed E-state index contributed by atoms with van der Waals surface area (Å²) < 4.78 is 5.37. The highest BCUT2D eigenvalue weighted by atomic mass is 32.2. The minimum absolute atomic E-state index is 0.873. The Morgan fingerprint density at radius 1 is 1.25 bits per heavy atom. The Morgan fingerprint density at radius 2 is 2.05 bits per heavy atom. The number of nitrogens with zero attached hydrogens (tertiary/aromatic N) is 2. The quantitative estimate of drug-likeness (QED) is 0.808. The number of aryl methyl sites for hydroxylation is 1. The van der Waals surface area contributed by atoms with Crippen molar-refractivity contribution in [3.05, 3.63) is 35.9 Å². The lowest BCUT2D eigenvalue weighted by molar-refractivity contribution is 0.0410. The van der Waals surface area contributed by atoms with E-state index in [0.29, 0.717) is 0 Å². The molecule has 0 N–H and O–H groups in total. The van der Waals surface area contributed by atoms with E-state index in [9.17, 15) is 0 Å². The molecule has 3 nitrogen and oxygen atoms in total. The van der Waals surface area contributed by atoms with Crippen molar-refractivity contribution < 1.29 is 4.74 Å². The molecule has 0 amide bonds. The van der Waals surface area contributed by atoms with Crippen LogP contribution in [-0.2, 0) is 4.74 Å². The van der Waals surface area contributed by atoms with Gasteiger partial charge in [0, 0.05) is 30.8 Å². The Labute approximate surface area is 124 Å². The maximum absolute atomic E-state index is 5.37. The maximum Gasteiger partial charge on any atom is 0.0970 e. The largest absolute Gasteiger partial charge is 0.379 e. The molecule has 2 aromatic rings. The van der Waals surface area contributed by atoms with E-state index in [1.54, 1.807) is 0 Å². The number of aromatic nitrogens is 1. The molecular weight excluding hydrogens is 268 g/mol. The Morgan fingerprint density at radius 3 is 2.90 bits per heavy atom. The average molecular weight is 288 g/mol. The predicted octanol–water partition coefficient (Wildman–Crippen LogP) is 2.97. The summed E-state index contributed by atoms with van der Waals surface area (Å²) >= 11 is 1.85. The third-order valence-corrected chi connectivity index (χ3v) is 4.55. The zero-order chi connectivity index (χ0) is 13.8. The summed E-state index contributed by atoms with van der Waals surface area (Å²) in [6, 6.07) is 10.6. The molecule has 1 aromatic carbocycles. The normalized spacial score (nSPS) is 16.6. The molecule has 3 rings (SSSR count). The predicted molar refractivity (Wildman–Crippen MR) is 84.5 cm³/mol. The standard InChI is InChI=1S/C16H20N2OS/c1-13-12-16(17-15-5-3-2-4-14(13)15)20-11-8-18-6-9-19-10-7-18/h2-5,12H,6-11H2,1H3. The molecule has 1 fully saturated rings. The van der Waals surface area contributed by atoms with Crippen LogP contribution in [0.2, 0.25) is 0 Å². The maximum atomic E-state index is 5.37. The molecule has 1 aromatic heterocycles. The molecule has 0 spiro atoms. The van der Waals surface area contributed by atoms with Crippen LogP contribution >= 0.6 is 11.8 Å². The van der Waals surface area contributed by atoms with E-state index in [-0.39, 0.29) is 0 Å². The van der Waals surface area contributed by atoms with Crippen LogP contribution in [0.15, 0.2) is 35.4 Å².